The molecular weight excluding hydrogens is 466 g/mol. The van der Waals surface area contributed by atoms with Crippen molar-refractivity contribution in [1.29, 1.82) is 0 Å². The summed E-state index contributed by atoms with van der Waals surface area (Å²) in [4.78, 5) is 24.3. The van der Waals surface area contributed by atoms with Crippen molar-refractivity contribution in [3.05, 3.63) is 41.7 Å². The maximum absolute atomic E-state index is 12.9. The van der Waals surface area contributed by atoms with Gasteiger partial charge in [-0.15, -0.1) is 11.3 Å². The first-order valence-electron chi connectivity index (χ1n) is 11.9. The number of rotatable bonds is 6. The van der Waals surface area contributed by atoms with Crippen molar-refractivity contribution in [1.82, 2.24) is 29.2 Å². The molecule has 0 unspecified atom stereocenters. The molecule has 0 bridgehead atoms. The van der Waals surface area contributed by atoms with E-state index in [0.717, 1.165) is 54.1 Å². The highest BCUT2D eigenvalue weighted by Gasteiger charge is 2.23. The molecular formula is C24H27N7O3S. The Kier molecular flexibility index (Phi) is 5.86. The van der Waals surface area contributed by atoms with E-state index in [1.807, 2.05) is 46.4 Å². The van der Waals surface area contributed by atoms with E-state index < -0.39 is 0 Å². The molecule has 0 radical (unpaired) electrons. The summed E-state index contributed by atoms with van der Waals surface area (Å²) < 4.78 is 15.5. The highest BCUT2D eigenvalue weighted by Crippen LogP contribution is 2.32. The average Bonchev–Trinajstić information content (AvgIpc) is 3.67. The molecule has 6 rings (SSSR count). The number of piperidine rings is 1. The van der Waals surface area contributed by atoms with Crippen molar-refractivity contribution >= 4 is 39.2 Å². The lowest BCUT2D eigenvalue weighted by Crippen LogP contribution is -2.35. The van der Waals surface area contributed by atoms with Crippen LogP contribution in [0, 0.1) is 0 Å². The Morgan fingerprint density at radius 2 is 2.14 bits per heavy atom. The molecule has 2 fully saturated rings. The number of hydrogen-bond acceptors (Lipinski definition) is 8. The summed E-state index contributed by atoms with van der Waals surface area (Å²) in [6, 6.07) is 3.81. The number of fused-ring (bicyclic) bond motifs is 1. The molecule has 1 atom stereocenters. The Labute approximate surface area is 206 Å². The second-order valence-electron chi connectivity index (χ2n) is 8.93. The van der Waals surface area contributed by atoms with Gasteiger partial charge in [0.25, 0.3) is 5.91 Å². The van der Waals surface area contributed by atoms with Gasteiger partial charge in [0.05, 0.1) is 41.2 Å². The van der Waals surface area contributed by atoms with E-state index >= 15 is 0 Å². The largest absolute Gasteiger partial charge is 0.470 e. The van der Waals surface area contributed by atoms with E-state index in [-0.39, 0.29) is 12.0 Å². The average molecular weight is 494 g/mol. The number of aromatic nitrogens is 5. The normalized spacial score (nSPS) is 18.3. The summed E-state index contributed by atoms with van der Waals surface area (Å²) in [7, 11) is 1.88. The van der Waals surface area contributed by atoms with Gasteiger partial charge >= 0.3 is 0 Å². The highest BCUT2D eigenvalue weighted by atomic mass is 32.1. The molecule has 4 aromatic rings. The molecule has 0 aliphatic carbocycles. The lowest BCUT2D eigenvalue weighted by atomic mass is 10.1. The van der Waals surface area contributed by atoms with Gasteiger partial charge in [-0.3, -0.25) is 9.48 Å². The number of anilines is 2. The van der Waals surface area contributed by atoms with Crippen LogP contribution in [-0.4, -0.2) is 67.5 Å². The molecule has 0 aromatic carbocycles. The minimum atomic E-state index is -0.0614. The smallest absolute Gasteiger partial charge is 0.254 e. The maximum Gasteiger partial charge on any atom is 0.254 e. The maximum atomic E-state index is 12.9. The van der Waals surface area contributed by atoms with Crippen LogP contribution in [0.1, 0.15) is 36.0 Å². The lowest BCUT2D eigenvalue weighted by molar-refractivity contribution is 0.0725. The quantitative estimate of drug-likeness (QED) is 0.437. The number of hydrogen-bond donors (Lipinski definition) is 1. The minimum Gasteiger partial charge on any atom is -0.470 e. The predicted molar refractivity (Wildman–Crippen MR) is 133 cm³/mol. The van der Waals surface area contributed by atoms with Crippen molar-refractivity contribution in [2.45, 2.75) is 31.8 Å². The van der Waals surface area contributed by atoms with Gasteiger partial charge in [0.1, 0.15) is 11.6 Å². The van der Waals surface area contributed by atoms with Gasteiger partial charge in [0.15, 0.2) is 0 Å². The molecule has 2 aliphatic rings. The van der Waals surface area contributed by atoms with Crippen LogP contribution in [0.5, 0.6) is 5.88 Å². The van der Waals surface area contributed by atoms with Crippen LogP contribution in [-0.2, 0) is 11.8 Å². The third-order valence-electron chi connectivity index (χ3n) is 6.36. The second-order valence-corrected chi connectivity index (χ2v) is 9.84. The molecule has 4 aromatic heterocycles. The first-order chi connectivity index (χ1) is 17.1. The summed E-state index contributed by atoms with van der Waals surface area (Å²) in [5.74, 6) is 1.00. The van der Waals surface area contributed by atoms with Crippen LogP contribution < -0.4 is 10.1 Å². The van der Waals surface area contributed by atoms with Gasteiger partial charge in [-0.2, -0.15) is 10.1 Å². The Bertz CT molecular complexity index is 1350. The number of ether oxygens (including phenoxy) is 2. The Morgan fingerprint density at radius 3 is 2.91 bits per heavy atom. The van der Waals surface area contributed by atoms with Gasteiger partial charge in [-0.05, 0) is 31.4 Å². The van der Waals surface area contributed by atoms with E-state index in [1.165, 1.54) is 17.8 Å². The van der Waals surface area contributed by atoms with Crippen LogP contribution in [0.25, 0.3) is 16.7 Å². The first kappa shape index (κ1) is 22.1. The van der Waals surface area contributed by atoms with Crippen LogP contribution in [0.3, 0.4) is 0 Å². The summed E-state index contributed by atoms with van der Waals surface area (Å²) in [5, 5.41) is 10.3. The zero-order valence-electron chi connectivity index (χ0n) is 19.5. The van der Waals surface area contributed by atoms with Gasteiger partial charge in [0, 0.05) is 44.3 Å². The van der Waals surface area contributed by atoms with Crippen LogP contribution in [0.15, 0.2) is 36.1 Å². The molecule has 35 heavy (non-hydrogen) atoms. The second kappa shape index (κ2) is 9.31. The van der Waals surface area contributed by atoms with E-state index in [9.17, 15) is 4.79 Å². The lowest BCUT2D eigenvalue weighted by Gasteiger charge is -2.26. The SMILES string of the molecule is Cn1cc(-n2ccc3nc(Nc4cc(C(=O)N5CCCCC5)cs4)nc(O[C@@H]4CCOC4)c32)cn1. The number of thiophene rings is 1. The summed E-state index contributed by atoms with van der Waals surface area (Å²) in [6.45, 7) is 2.87. The van der Waals surface area contributed by atoms with Gasteiger partial charge < -0.3 is 24.3 Å². The number of carbonyl (C=O) groups is 1. The van der Waals surface area contributed by atoms with Crippen molar-refractivity contribution < 1.29 is 14.3 Å². The minimum absolute atomic E-state index is 0.0614. The zero-order chi connectivity index (χ0) is 23.8. The molecule has 10 nitrogen and oxygen atoms in total. The Morgan fingerprint density at radius 1 is 1.26 bits per heavy atom. The molecule has 2 aliphatic heterocycles. The number of amides is 1. The van der Waals surface area contributed by atoms with E-state index in [1.54, 1.807) is 10.9 Å². The number of likely N-dealkylation sites (tertiary alicyclic amines) is 1. The van der Waals surface area contributed by atoms with Crippen molar-refractivity contribution in [2.24, 2.45) is 7.05 Å². The summed E-state index contributed by atoms with van der Waals surface area (Å²) >= 11 is 1.47. The molecule has 1 N–H and O–H groups in total. The van der Waals surface area contributed by atoms with Crippen LogP contribution >= 0.6 is 11.3 Å². The fourth-order valence-corrected chi connectivity index (χ4v) is 5.33. The van der Waals surface area contributed by atoms with Crippen LogP contribution in [0.2, 0.25) is 0 Å². The van der Waals surface area contributed by atoms with E-state index in [2.05, 4.69) is 10.4 Å². The van der Waals surface area contributed by atoms with Gasteiger partial charge in [0.2, 0.25) is 11.8 Å². The summed E-state index contributed by atoms with van der Waals surface area (Å²) in [5.41, 5.74) is 3.13. The molecule has 6 heterocycles. The van der Waals surface area contributed by atoms with E-state index in [0.29, 0.717) is 30.6 Å². The molecule has 182 valence electrons. The Balaban J connectivity index is 1.30. The zero-order valence-corrected chi connectivity index (χ0v) is 20.3. The van der Waals surface area contributed by atoms with Crippen molar-refractivity contribution in [3.63, 3.8) is 0 Å². The fourth-order valence-electron chi connectivity index (χ4n) is 4.57. The van der Waals surface area contributed by atoms with E-state index in [4.69, 9.17) is 19.4 Å². The highest BCUT2D eigenvalue weighted by molar-refractivity contribution is 7.14. The number of nitrogens with one attached hydrogen (secondary N) is 1. The monoisotopic (exact) mass is 493 g/mol. The third-order valence-corrected chi connectivity index (χ3v) is 7.21. The van der Waals surface area contributed by atoms with Crippen molar-refractivity contribution in [3.8, 4) is 11.6 Å². The first-order valence-corrected chi connectivity index (χ1v) is 12.8. The van der Waals surface area contributed by atoms with Gasteiger partial charge in [-0.25, -0.2) is 4.98 Å². The summed E-state index contributed by atoms with van der Waals surface area (Å²) in [6.07, 6.45) is 9.76. The number of carbonyl (C=O) groups excluding carboxylic acids is 1. The van der Waals surface area contributed by atoms with Crippen LogP contribution in [0.4, 0.5) is 10.9 Å². The molecule has 1 amide bonds. The molecule has 2 saturated heterocycles. The van der Waals surface area contributed by atoms with Gasteiger partial charge in [-0.1, -0.05) is 0 Å². The third kappa shape index (κ3) is 4.48. The predicted octanol–water partition coefficient (Wildman–Crippen LogP) is 3.75. The number of aryl methyl sites for hydroxylation is 1. The molecule has 0 spiro atoms. The number of nitrogens with zero attached hydrogens (tertiary/aromatic N) is 6. The standard InChI is InChI=1S/C24H27N7O3S/c1-29-13-17(12-25-29)31-9-5-19-21(31)22(34-18-6-10-33-14-18)28-24(26-19)27-20-11-16(15-35-20)23(32)30-7-3-2-4-8-30/h5,9,11-13,15,18H,2-4,6-8,10,14H2,1H3,(H,26,27,28)/t18-/m1/s1. The van der Waals surface area contributed by atoms with Crippen molar-refractivity contribution in [2.75, 3.05) is 31.6 Å². The fraction of sp³-hybridized carbons (Fsp3) is 0.417. The topological polar surface area (TPSA) is 99.3 Å². The molecule has 0 saturated carbocycles. The Hall–Kier alpha value is -3.44. The molecule has 11 heteroatoms.